The molecule has 0 saturated heterocycles. The van der Waals surface area contributed by atoms with Gasteiger partial charge in [0.25, 0.3) is 5.91 Å². The van der Waals surface area contributed by atoms with E-state index in [1.165, 1.54) is 17.7 Å². The summed E-state index contributed by atoms with van der Waals surface area (Å²) < 4.78 is 0. The Hall–Kier alpha value is -2.40. The smallest absolute Gasteiger partial charge is 0.252 e. The standard InChI is InChI=1S/C16H19N3O2/c1-11(17-10-16(21)19-18-12(2)20)14-9-5-7-13-6-3-4-8-15(13)14/h3-9,11,17H,10H2,1-2H3,(H,18,20)(H,19,21)/t11-/m0/s1. The Bertz CT molecular complexity index is 650. The Labute approximate surface area is 123 Å². The number of carbonyl (C=O) groups is 2. The molecule has 0 fully saturated rings. The van der Waals surface area contributed by atoms with Crippen molar-refractivity contribution in [3.05, 3.63) is 48.0 Å². The van der Waals surface area contributed by atoms with Gasteiger partial charge in [0.15, 0.2) is 0 Å². The third-order valence-corrected chi connectivity index (χ3v) is 3.24. The van der Waals surface area contributed by atoms with Gasteiger partial charge in [0.1, 0.15) is 0 Å². The summed E-state index contributed by atoms with van der Waals surface area (Å²) in [5, 5.41) is 5.49. The van der Waals surface area contributed by atoms with Crippen LogP contribution in [0.25, 0.3) is 10.8 Å². The number of fused-ring (bicyclic) bond motifs is 1. The lowest BCUT2D eigenvalue weighted by atomic mass is 10.00. The van der Waals surface area contributed by atoms with Crippen molar-refractivity contribution in [2.75, 3.05) is 6.54 Å². The Balaban J connectivity index is 2.01. The fourth-order valence-electron chi connectivity index (χ4n) is 2.19. The number of nitrogens with one attached hydrogen (secondary N) is 3. The van der Waals surface area contributed by atoms with Gasteiger partial charge in [-0.1, -0.05) is 42.5 Å². The molecular weight excluding hydrogens is 266 g/mol. The molecule has 21 heavy (non-hydrogen) atoms. The van der Waals surface area contributed by atoms with Crippen LogP contribution < -0.4 is 16.2 Å². The van der Waals surface area contributed by atoms with Gasteiger partial charge >= 0.3 is 0 Å². The maximum absolute atomic E-state index is 11.6. The third-order valence-electron chi connectivity index (χ3n) is 3.24. The van der Waals surface area contributed by atoms with Gasteiger partial charge in [0.2, 0.25) is 5.91 Å². The van der Waals surface area contributed by atoms with Gasteiger partial charge in [-0.25, -0.2) is 0 Å². The van der Waals surface area contributed by atoms with E-state index in [9.17, 15) is 9.59 Å². The molecule has 0 aliphatic rings. The van der Waals surface area contributed by atoms with Crippen LogP contribution in [0.2, 0.25) is 0 Å². The van der Waals surface area contributed by atoms with Crippen LogP contribution >= 0.6 is 0 Å². The molecule has 0 spiro atoms. The van der Waals surface area contributed by atoms with Crippen LogP contribution in [0.3, 0.4) is 0 Å². The normalized spacial score (nSPS) is 11.9. The van der Waals surface area contributed by atoms with Gasteiger partial charge in [-0.05, 0) is 23.3 Å². The van der Waals surface area contributed by atoms with E-state index >= 15 is 0 Å². The SMILES string of the molecule is CC(=O)NNC(=O)CN[C@@H](C)c1cccc2ccccc12. The Kier molecular flexibility index (Phi) is 4.90. The zero-order valence-electron chi connectivity index (χ0n) is 12.1. The maximum Gasteiger partial charge on any atom is 0.252 e. The van der Waals surface area contributed by atoms with Crippen LogP contribution in [0.1, 0.15) is 25.5 Å². The highest BCUT2D eigenvalue weighted by Gasteiger charge is 2.10. The second kappa shape index (κ2) is 6.85. The first-order chi connectivity index (χ1) is 10.1. The van der Waals surface area contributed by atoms with Crippen molar-refractivity contribution in [3.8, 4) is 0 Å². The predicted octanol–water partition coefficient (Wildman–Crippen LogP) is 1.66. The fourth-order valence-corrected chi connectivity index (χ4v) is 2.19. The highest BCUT2D eigenvalue weighted by atomic mass is 16.2. The molecule has 2 aromatic carbocycles. The summed E-state index contributed by atoms with van der Waals surface area (Å²) in [5.41, 5.74) is 5.72. The first kappa shape index (κ1) is 15.0. The number of carbonyl (C=O) groups excluding carboxylic acids is 2. The predicted molar refractivity (Wildman–Crippen MR) is 82.3 cm³/mol. The van der Waals surface area contributed by atoms with Gasteiger partial charge in [0, 0.05) is 13.0 Å². The summed E-state index contributed by atoms with van der Waals surface area (Å²) in [6.07, 6.45) is 0. The molecule has 2 aromatic rings. The van der Waals surface area contributed by atoms with Crippen molar-refractivity contribution < 1.29 is 9.59 Å². The zero-order chi connectivity index (χ0) is 15.2. The third kappa shape index (κ3) is 4.03. The molecule has 0 saturated carbocycles. The topological polar surface area (TPSA) is 70.2 Å². The number of rotatable bonds is 4. The van der Waals surface area contributed by atoms with E-state index in [4.69, 9.17) is 0 Å². The molecule has 0 aromatic heterocycles. The highest BCUT2D eigenvalue weighted by molar-refractivity contribution is 5.86. The Morgan fingerprint density at radius 2 is 1.76 bits per heavy atom. The Morgan fingerprint density at radius 3 is 2.52 bits per heavy atom. The van der Waals surface area contributed by atoms with E-state index in [1.807, 2.05) is 31.2 Å². The first-order valence-corrected chi connectivity index (χ1v) is 6.84. The molecule has 2 amide bonds. The van der Waals surface area contributed by atoms with Crippen molar-refractivity contribution in [2.24, 2.45) is 0 Å². The van der Waals surface area contributed by atoms with Crippen LogP contribution in [0, 0.1) is 0 Å². The lowest BCUT2D eigenvalue weighted by Crippen LogP contribution is -2.44. The van der Waals surface area contributed by atoms with Crippen molar-refractivity contribution in [2.45, 2.75) is 19.9 Å². The van der Waals surface area contributed by atoms with Crippen LogP contribution in [0.4, 0.5) is 0 Å². The molecule has 1 atom stereocenters. The lowest BCUT2D eigenvalue weighted by molar-refractivity contribution is -0.127. The monoisotopic (exact) mass is 285 g/mol. The van der Waals surface area contributed by atoms with Crippen LogP contribution in [-0.4, -0.2) is 18.4 Å². The average molecular weight is 285 g/mol. The molecule has 110 valence electrons. The largest absolute Gasteiger partial charge is 0.302 e. The van der Waals surface area contributed by atoms with E-state index in [0.717, 1.165) is 5.56 Å². The minimum absolute atomic E-state index is 0.0270. The minimum Gasteiger partial charge on any atom is -0.302 e. The summed E-state index contributed by atoms with van der Waals surface area (Å²) in [7, 11) is 0. The number of benzene rings is 2. The molecule has 0 unspecified atom stereocenters. The summed E-state index contributed by atoms with van der Waals surface area (Å²) >= 11 is 0. The quantitative estimate of drug-likeness (QED) is 0.748. The van der Waals surface area contributed by atoms with Crippen LogP contribution in [0.15, 0.2) is 42.5 Å². The van der Waals surface area contributed by atoms with Crippen molar-refractivity contribution in [3.63, 3.8) is 0 Å². The lowest BCUT2D eigenvalue weighted by Gasteiger charge is -2.16. The van der Waals surface area contributed by atoms with Crippen LogP contribution in [0.5, 0.6) is 0 Å². The van der Waals surface area contributed by atoms with Crippen LogP contribution in [-0.2, 0) is 9.59 Å². The molecule has 5 nitrogen and oxygen atoms in total. The van der Waals surface area contributed by atoms with E-state index < -0.39 is 0 Å². The second-order valence-corrected chi connectivity index (χ2v) is 4.90. The number of hydrazine groups is 1. The van der Waals surface area contributed by atoms with Crippen molar-refractivity contribution >= 4 is 22.6 Å². The number of hydrogen-bond acceptors (Lipinski definition) is 3. The molecule has 3 N–H and O–H groups in total. The molecule has 0 radical (unpaired) electrons. The van der Waals surface area contributed by atoms with Gasteiger partial charge in [0.05, 0.1) is 6.54 Å². The summed E-state index contributed by atoms with van der Waals surface area (Å²) in [5.74, 6) is -0.581. The molecule has 0 heterocycles. The molecule has 0 aliphatic carbocycles. The number of amides is 2. The van der Waals surface area contributed by atoms with E-state index in [1.54, 1.807) is 0 Å². The van der Waals surface area contributed by atoms with E-state index in [2.05, 4.69) is 34.4 Å². The molecule has 5 heteroatoms. The second-order valence-electron chi connectivity index (χ2n) is 4.90. The minimum atomic E-state index is -0.301. The first-order valence-electron chi connectivity index (χ1n) is 6.84. The van der Waals surface area contributed by atoms with Gasteiger partial charge < -0.3 is 5.32 Å². The van der Waals surface area contributed by atoms with Gasteiger partial charge in [-0.3, -0.25) is 20.4 Å². The van der Waals surface area contributed by atoms with Gasteiger partial charge in [-0.2, -0.15) is 0 Å². The molecule has 0 aliphatic heterocycles. The van der Waals surface area contributed by atoms with E-state index in [0.29, 0.717) is 0 Å². The summed E-state index contributed by atoms with van der Waals surface area (Å²) in [6.45, 7) is 3.48. The van der Waals surface area contributed by atoms with Gasteiger partial charge in [-0.15, -0.1) is 0 Å². The molecule has 2 rings (SSSR count). The van der Waals surface area contributed by atoms with Crippen molar-refractivity contribution in [1.29, 1.82) is 0 Å². The summed E-state index contributed by atoms with van der Waals surface area (Å²) in [4.78, 5) is 22.3. The van der Waals surface area contributed by atoms with Crippen molar-refractivity contribution in [1.82, 2.24) is 16.2 Å². The summed E-state index contributed by atoms with van der Waals surface area (Å²) in [6, 6.07) is 14.3. The highest BCUT2D eigenvalue weighted by Crippen LogP contribution is 2.23. The average Bonchev–Trinajstić information content (AvgIpc) is 2.50. The fraction of sp³-hybridized carbons (Fsp3) is 0.250. The number of hydrogen-bond donors (Lipinski definition) is 3. The molecule has 0 bridgehead atoms. The molecular formula is C16H19N3O2. The van der Waals surface area contributed by atoms with E-state index in [-0.39, 0.29) is 24.4 Å². The maximum atomic E-state index is 11.6. The zero-order valence-corrected chi connectivity index (χ0v) is 12.1. The Morgan fingerprint density at radius 1 is 1.05 bits per heavy atom.